The van der Waals surface area contributed by atoms with Crippen LogP contribution in [0.3, 0.4) is 0 Å². The second kappa shape index (κ2) is 11.9. The zero-order valence-corrected chi connectivity index (χ0v) is 19.6. The van der Waals surface area contributed by atoms with Crippen LogP contribution in [0.4, 0.5) is 10.6 Å². The monoisotopic (exact) mass is 502 g/mol. The number of hydrogen-bond acceptors (Lipinski definition) is 10. The van der Waals surface area contributed by atoms with E-state index in [9.17, 15) is 9.59 Å². The fraction of sp³-hybridized carbons (Fsp3) is 0.125. The van der Waals surface area contributed by atoms with E-state index in [-0.39, 0.29) is 47.9 Å². The smallest absolute Gasteiger partial charge is 0.320 e. The number of amides is 3. The quantitative estimate of drug-likeness (QED) is 0.273. The van der Waals surface area contributed by atoms with Crippen molar-refractivity contribution in [2.24, 2.45) is 5.73 Å². The van der Waals surface area contributed by atoms with E-state index >= 15 is 0 Å². The minimum atomic E-state index is -0.887. The van der Waals surface area contributed by atoms with Gasteiger partial charge in [-0.25, -0.2) is 24.7 Å². The van der Waals surface area contributed by atoms with E-state index in [4.69, 9.17) is 19.9 Å². The van der Waals surface area contributed by atoms with E-state index in [1.54, 1.807) is 54.7 Å². The molecule has 0 radical (unpaired) electrons. The Bertz CT molecular complexity index is 1370. The van der Waals surface area contributed by atoms with Crippen LogP contribution in [0.1, 0.15) is 10.5 Å². The Morgan fingerprint density at radius 3 is 2.32 bits per heavy atom. The number of urea groups is 1. The Morgan fingerprint density at radius 2 is 1.62 bits per heavy atom. The van der Waals surface area contributed by atoms with Crippen molar-refractivity contribution in [3.8, 4) is 34.8 Å². The second-order valence-corrected chi connectivity index (χ2v) is 7.16. The number of ether oxygens (including phenoxy) is 3. The van der Waals surface area contributed by atoms with Gasteiger partial charge in [-0.1, -0.05) is 18.2 Å². The highest BCUT2D eigenvalue weighted by Crippen LogP contribution is 2.38. The number of carbonyl (C=O) groups is 2. The van der Waals surface area contributed by atoms with Gasteiger partial charge in [0.05, 0.1) is 13.7 Å². The summed E-state index contributed by atoms with van der Waals surface area (Å²) < 4.78 is 17.1. The lowest BCUT2D eigenvalue weighted by Crippen LogP contribution is -2.32. The first kappa shape index (κ1) is 24.8. The predicted molar refractivity (Wildman–Crippen MR) is 131 cm³/mol. The summed E-state index contributed by atoms with van der Waals surface area (Å²) in [6.45, 7) is 0.0437. The van der Waals surface area contributed by atoms with Crippen molar-refractivity contribution in [3.05, 3.63) is 72.8 Å². The van der Waals surface area contributed by atoms with E-state index < -0.39 is 11.9 Å². The molecule has 13 nitrogen and oxygen atoms in total. The Labute approximate surface area is 211 Å². The lowest BCUT2D eigenvalue weighted by Gasteiger charge is -2.16. The van der Waals surface area contributed by atoms with Crippen LogP contribution in [0.5, 0.6) is 23.1 Å². The molecule has 37 heavy (non-hydrogen) atoms. The van der Waals surface area contributed by atoms with Crippen LogP contribution in [-0.4, -0.2) is 57.1 Å². The molecule has 3 heterocycles. The van der Waals surface area contributed by atoms with E-state index in [1.165, 1.54) is 19.5 Å². The van der Waals surface area contributed by atoms with E-state index in [0.717, 1.165) is 0 Å². The van der Waals surface area contributed by atoms with Gasteiger partial charge in [-0.15, -0.1) is 0 Å². The van der Waals surface area contributed by atoms with Crippen molar-refractivity contribution < 1.29 is 23.8 Å². The molecule has 4 N–H and O–H groups in total. The Morgan fingerprint density at radius 1 is 0.892 bits per heavy atom. The molecule has 0 aliphatic carbocycles. The van der Waals surface area contributed by atoms with Gasteiger partial charge in [0.1, 0.15) is 12.4 Å². The number of aromatic nitrogens is 5. The van der Waals surface area contributed by atoms with Gasteiger partial charge in [-0.05, 0) is 30.3 Å². The first-order valence-electron chi connectivity index (χ1n) is 10.9. The highest BCUT2D eigenvalue weighted by Gasteiger charge is 2.24. The van der Waals surface area contributed by atoms with Crippen molar-refractivity contribution in [3.63, 3.8) is 0 Å². The number of pyridine rings is 1. The number of hydrogen-bond donors (Lipinski definition) is 3. The Hall–Kier alpha value is -5.33. The average molecular weight is 502 g/mol. The van der Waals surface area contributed by atoms with E-state index in [1.807, 2.05) is 0 Å². The molecular formula is C24H22N8O5. The van der Waals surface area contributed by atoms with Crippen molar-refractivity contribution in [2.45, 2.75) is 0 Å². The zero-order chi connectivity index (χ0) is 26.0. The molecule has 0 atom stereocenters. The molecule has 0 spiro atoms. The first-order valence-corrected chi connectivity index (χ1v) is 10.9. The third-order valence-electron chi connectivity index (χ3n) is 4.65. The molecule has 3 amide bonds. The van der Waals surface area contributed by atoms with Crippen molar-refractivity contribution in [1.29, 1.82) is 0 Å². The number of nitrogens with one attached hydrogen (secondary N) is 2. The summed E-state index contributed by atoms with van der Waals surface area (Å²) >= 11 is 0. The van der Waals surface area contributed by atoms with Crippen molar-refractivity contribution >= 4 is 17.8 Å². The van der Waals surface area contributed by atoms with Gasteiger partial charge in [-0.2, -0.15) is 4.98 Å². The maximum absolute atomic E-state index is 12.3. The number of rotatable bonds is 10. The molecule has 0 unspecified atom stereocenters. The van der Waals surface area contributed by atoms with Gasteiger partial charge in [0, 0.05) is 18.6 Å². The molecular weight excluding hydrogens is 480 g/mol. The van der Waals surface area contributed by atoms with Crippen LogP contribution in [0, 0.1) is 0 Å². The molecule has 0 aliphatic rings. The van der Waals surface area contributed by atoms with Gasteiger partial charge >= 0.3 is 6.03 Å². The predicted octanol–water partition coefficient (Wildman–Crippen LogP) is 2.43. The third-order valence-corrected chi connectivity index (χ3v) is 4.65. The molecule has 0 aliphatic heterocycles. The summed E-state index contributed by atoms with van der Waals surface area (Å²) in [5.74, 6) is 0.0811. The number of benzene rings is 1. The van der Waals surface area contributed by atoms with E-state index in [0.29, 0.717) is 11.6 Å². The molecule has 0 fully saturated rings. The SMILES string of the molecule is COc1ccccc1Oc1c(OCCNC(=O)Nc2ccccn2)nc(-c2ncccn2)nc1C(N)=O. The fourth-order valence-electron chi connectivity index (χ4n) is 3.02. The average Bonchev–Trinajstić information content (AvgIpc) is 2.93. The molecule has 0 bridgehead atoms. The molecule has 4 rings (SSSR count). The maximum Gasteiger partial charge on any atom is 0.320 e. The van der Waals surface area contributed by atoms with Crippen LogP contribution in [0.25, 0.3) is 11.6 Å². The van der Waals surface area contributed by atoms with Crippen LogP contribution >= 0.6 is 0 Å². The second-order valence-electron chi connectivity index (χ2n) is 7.16. The molecule has 1 aromatic carbocycles. The van der Waals surface area contributed by atoms with Crippen LogP contribution in [-0.2, 0) is 0 Å². The van der Waals surface area contributed by atoms with E-state index in [2.05, 4.69) is 35.6 Å². The standard InChI is InChI=1S/C24H22N8O5/c1-35-15-7-2-3-8-16(15)37-19-18(20(25)33)31-22(21-27-11-6-12-28-21)32-23(19)36-14-13-29-24(34)30-17-9-4-5-10-26-17/h2-12H,13-14H2,1H3,(H2,25,33)(H2,26,29,30,34). The molecule has 3 aromatic heterocycles. The zero-order valence-electron chi connectivity index (χ0n) is 19.6. The van der Waals surface area contributed by atoms with Gasteiger partial charge < -0.3 is 25.3 Å². The molecule has 13 heteroatoms. The van der Waals surface area contributed by atoms with Crippen LogP contribution < -0.4 is 30.6 Å². The maximum atomic E-state index is 12.3. The number of methoxy groups -OCH3 is 1. The van der Waals surface area contributed by atoms with Gasteiger partial charge in [-0.3, -0.25) is 10.1 Å². The number of nitrogens with two attached hydrogens (primary N) is 1. The number of primary amides is 1. The third kappa shape index (κ3) is 6.42. The van der Waals surface area contributed by atoms with Gasteiger partial charge in [0.25, 0.3) is 11.8 Å². The topological polar surface area (TPSA) is 176 Å². The highest BCUT2D eigenvalue weighted by molar-refractivity contribution is 5.95. The first-order chi connectivity index (χ1) is 18.0. The van der Waals surface area contributed by atoms with Crippen molar-refractivity contribution in [2.75, 3.05) is 25.6 Å². The summed E-state index contributed by atoms with van der Waals surface area (Å²) in [5.41, 5.74) is 5.36. The normalized spacial score (nSPS) is 10.3. The number of carbonyl (C=O) groups excluding carboxylic acids is 2. The lowest BCUT2D eigenvalue weighted by molar-refractivity contribution is 0.0991. The fourth-order valence-corrected chi connectivity index (χ4v) is 3.02. The largest absolute Gasteiger partial charge is 0.493 e. The minimum absolute atomic E-state index is 0.00219. The Kier molecular flexibility index (Phi) is 7.96. The summed E-state index contributed by atoms with van der Waals surface area (Å²) in [6, 6.07) is 13.1. The minimum Gasteiger partial charge on any atom is -0.493 e. The number of nitrogens with zero attached hydrogens (tertiary/aromatic N) is 5. The highest BCUT2D eigenvalue weighted by atomic mass is 16.5. The summed E-state index contributed by atoms with van der Waals surface area (Å²) in [7, 11) is 1.47. The van der Waals surface area contributed by atoms with Crippen LogP contribution in [0.2, 0.25) is 0 Å². The van der Waals surface area contributed by atoms with Crippen molar-refractivity contribution in [1.82, 2.24) is 30.2 Å². The molecule has 4 aromatic rings. The summed E-state index contributed by atoms with van der Waals surface area (Å²) in [5, 5.41) is 5.23. The number of para-hydroxylation sites is 2. The number of anilines is 1. The van der Waals surface area contributed by atoms with Crippen LogP contribution in [0.15, 0.2) is 67.1 Å². The Balaban J connectivity index is 1.59. The van der Waals surface area contributed by atoms with Gasteiger partial charge in [0.15, 0.2) is 23.0 Å². The molecule has 0 saturated heterocycles. The van der Waals surface area contributed by atoms with Gasteiger partial charge in [0.2, 0.25) is 11.6 Å². The summed E-state index contributed by atoms with van der Waals surface area (Å²) in [6.07, 6.45) is 4.56. The molecule has 188 valence electrons. The lowest BCUT2D eigenvalue weighted by atomic mass is 10.3. The molecule has 0 saturated carbocycles. The summed E-state index contributed by atoms with van der Waals surface area (Å²) in [4.78, 5) is 45.3.